The number of thiazole rings is 1. The van der Waals surface area contributed by atoms with Crippen molar-refractivity contribution < 1.29 is 9.59 Å². The normalized spacial score (nSPS) is 15.5. The zero-order chi connectivity index (χ0) is 16.3. The third kappa shape index (κ3) is 4.29. The predicted molar refractivity (Wildman–Crippen MR) is 87.9 cm³/mol. The molecule has 22 heavy (non-hydrogen) atoms. The fourth-order valence-corrected chi connectivity index (χ4v) is 3.60. The van der Waals surface area contributed by atoms with Crippen LogP contribution in [0, 0.1) is 19.8 Å². The van der Waals surface area contributed by atoms with Crippen molar-refractivity contribution in [1.29, 1.82) is 0 Å². The topological polar surface area (TPSA) is 53.5 Å². The first-order chi connectivity index (χ1) is 10.4. The summed E-state index contributed by atoms with van der Waals surface area (Å²) in [7, 11) is 0. The van der Waals surface area contributed by atoms with Gasteiger partial charge in [0.15, 0.2) is 0 Å². The number of carbonyl (C=O) groups is 2. The van der Waals surface area contributed by atoms with Crippen LogP contribution in [-0.4, -0.2) is 52.8 Å². The van der Waals surface area contributed by atoms with Gasteiger partial charge in [-0.25, -0.2) is 4.98 Å². The standard InChI is InChI=1S/C16H25N3O2S/c1-11(2)9-15(20)18-5-7-19(8-6-18)16(21)10-14-12(3)17-13(4)22-14/h11H,5-10H2,1-4H3. The van der Waals surface area contributed by atoms with E-state index in [1.165, 1.54) is 0 Å². The summed E-state index contributed by atoms with van der Waals surface area (Å²) in [6.45, 7) is 10.6. The second-order valence-corrected chi connectivity index (χ2v) is 7.57. The lowest BCUT2D eigenvalue weighted by atomic mass is 10.1. The number of rotatable bonds is 4. The van der Waals surface area contributed by atoms with Crippen LogP contribution in [0.2, 0.25) is 0 Å². The first-order valence-corrected chi connectivity index (χ1v) is 8.67. The Bertz CT molecular complexity index is 546. The quantitative estimate of drug-likeness (QED) is 0.852. The van der Waals surface area contributed by atoms with Gasteiger partial charge < -0.3 is 9.80 Å². The Morgan fingerprint density at radius 1 is 1.09 bits per heavy atom. The summed E-state index contributed by atoms with van der Waals surface area (Å²) in [6.07, 6.45) is 1.02. The molecule has 0 radical (unpaired) electrons. The van der Waals surface area contributed by atoms with E-state index in [2.05, 4.69) is 18.8 Å². The van der Waals surface area contributed by atoms with Crippen LogP contribution >= 0.6 is 11.3 Å². The Hall–Kier alpha value is -1.43. The maximum Gasteiger partial charge on any atom is 0.228 e. The van der Waals surface area contributed by atoms with Gasteiger partial charge in [-0.3, -0.25) is 9.59 Å². The van der Waals surface area contributed by atoms with Crippen LogP contribution in [0.4, 0.5) is 0 Å². The smallest absolute Gasteiger partial charge is 0.228 e. The Balaban J connectivity index is 1.85. The van der Waals surface area contributed by atoms with E-state index in [4.69, 9.17) is 0 Å². The lowest BCUT2D eigenvalue weighted by Gasteiger charge is -2.35. The van der Waals surface area contributed by atoms with Crippen LogP contribution in [-0.2, 0) is 16.0 Å². The van der Waals surface area contributed by atoms with Crippen LogP contribution in [0.1, 0.15) is 35.8 Å². The third-order valence-electron chi connectivity index (χ3n) is 3.88. The molecule has 2 amide bonds. The minimum atomic E-state index is 0.141. The highest BCUT2D eigenvalue weighted by Crippen LogP contribution is 2.19. The van der Waals surface area contributed by atoms with E-state index in [0.717, 1.165) is 15.6 Å². The van der Waals surface area contributed by atoms with E-state index < -0.39 is 0 Å². The monoisotopic (exact) mass is 323 g/mol. The van der Waals surface area contributed by atoms with E-state index in [1.807, 2.05) is 23.6 Å². The summed E-state index contributed by atoms with van der Waals surface area (Å²) in [6, 6.07) is 0. The lowest BCUT2D eigenvalue weighted by Crippen LogP contribution is -2.51. The predicted octanol–water partition coefficient (Wildman–Crippen LogP) is 2.02. The van der Waals surface area contributed by atoms with Crippen molar-refractivity contribution in [3.8, 4) is 0 Å². The number of carbonyl (C=O) groups excluding carboxylic acids is 2. The summed E-state index contributed by atoms with van der Waals surface area (Å²) < 4.78 is 0. The Morgan fingerprint density at radius 3 is 2.09 bits per heavy atom. The van der Waals surface area contributed by atoms with Gasteiger partial charge in [-0.15, -0.1) is 11.3 Å². The largest absolute Gasteiger partial charge is 0.339 e. The molecule has 0 aromatic carbocycles. The van der Waals surface area contributed by atoms with Gasteiger partial charge in [0, 0.05) is 37.5 Å². The molecule has 0 unspecified atom stereocenters. The highest BCUT2D eigenvalue weighted by Gasteiger charge is 2.25. The Labute approximate surface area is 136 Å². The van der Waals surface area contributed by atoms with Crippen molar-refractivity contribution in [1.82, 2.24) is 14.8 Å². The molecule has 1 aliphatic rings. The van der Waals surface area contributed by atoms with Gasteiger partial charge in [0.1, 0.15) is 0 Å². The molecule has 1 aromatic rings. The van der Waals surface area contributed by atoms with E-state index in [1.54, 1.807) is 11.3 Å². The summed E-state index contributed by atoms with van der Waals surface area (Å²) in [5.74, 6) is 0.725. The maximum atomic E-state index is 12.4. The second-order valence-electron chi connectivity index (χ2n) is 6.28. The van der Waals surface area contributed by atoms with Gasteiger partial charge in [-0.1, -0.05) is 13.8 Å². The maximum absolute atomic E-state index is 12.4. The number of aryl methyl sites for hydroxylation is 2. The molecular weight excluding hydrogens is 298 g/mol. The average Bonchev–Trinajstić information content (AvgIpc) is 2.76. The second kappa shape index (κ2) is 7.22. The van der Waals surface area contributed by atoms with Crippen molar-refractivity contribution in [3.05, 3.63) is 15.6 Å². The lowest BCUT2D eigenvalue weighted by molar-refractivity contribution is -0.139. The Morgan fingerprint density at radius 2 is 1.64 bits per heavy atom. The SMILES string of the molecule is Cc1nc(C)c(CC(=O)N2CCN(C(=O)CC(C)C)CC2)s1. The zero-order valence-electron chi connectivity index (χ0n) is 13.9. The van der Waals surface area contributed by atoms with Gasteiger partial charge in [0.2, 0.25) is 11.8 Å². The van der Waals surface area contributed by atoms with Crippen molar-refractivity contribution >= 4 is 23.2 Å². The number of hydrogen-bond acceptors (Lipinski definition) is 4. The van der Waals surface area contributed by atoms with E-state index in [0.29, 0.717) is 44.9 Å². The summed E-state index contributed by atoms with van der Waals surface area (Å²) in [4.78, 5) is 33.6. The van der Waals surface area contributed by atoms with E-state index >= 15 is 0 Å². The molecule has 2 rings (SSSR count). The molecule has 6 heteroatoms. The van der Waals surface area contributed by atoms with E-state index in [-0.39, 0.29) is 11.8 Å². The molecular formula is C16H25N3O2S. The molecule has 1 aromatic heterocycles. The fraction of sp³-hybridized carbons (Fsp3) is 0.688. The van der Waals surface area contributed by atoms with Crippen LogP contribution < -0.4 is 0 Å². The minimum absolute atomic E-state index is 0.141. The molecule has 0 aliphatic carbocycles. The van der Waals surface area contributed by atoms with Crippen molar-refractivity contribution in [2.75, 3.05) is 26.2 Å². The Kier molecular flexibility index (Phi) is 5.56. The minimum Gasteiger partial charge on any atom is -0.339 e. The highest BCUT2D eigenvalue weighted by atomic mass is 32.1. The first-order valence-electron chi connectivity index (χ1n) is 7.85. The number of aromatic nitrogens is 1. The van der Waals surface area contributed by atoms with Crippen LogP contribution in [0.15, 0.2) is 0 Å². The third-order valence-corrected chi connectivity index (χ3v) is 4.95. The molecule has 5 nitrogen and oxygen atoms in total. The van der Waals surface area contributed by atoms with Crippen LogP contribution in [0.3, 0.4) is 0 Å². The van der Waals surface area contributed by atoms with Gasteiger partial charge >= 0.3 is 0 Å². The molecule has 122 valence electrons. The summed E-state index contributed by atoms with van der Waals surface area (Å²) in [5, 5.41) is 1.00. The van der Waals surface area contributed by atoms with Crippen LogP contribution in [0.5, 0.6) is 0 Å². The van der Waals surface area contributed by atoms with Crippen molar-refractivity contribution in [2.24, 2.45) is 5.92 Å². The van der Waals surface area contributed by atoms with Gasteiger partial charge in [-0.2, -0.15) is 0 Å². The molecule has 1 saturated heterocycles. The molecule has 1 aliphatic heterocycles. The van der Waals surface area contributed by atoms with Gasteiger partial charge in [0.25, 0.3) is 0 Å². The average molecular weight is 323 g/mol. The first kappa shape index (κ1) is 16.9. The van der Waals surface area contributed by atoms with E-state index in [9.17, 15) is 9.59 Å². The number of nitrogens with zero attached hydrogens (tertiary/aromatic N) is 3. The van der Waals surface area contributed by atoms with Crippen LogP contribution in [0.25, 0.3) is 0 Å². The number of piperazine rings is 1. The molecule has 0 atom stereocenters. The number of amides is 2. The van der Waals surface area contributed by atoms with Gasteiger partial charge in [0.05, 0.1) is 17.1 Å². The summed E-state index contributed by atoms with van der Waals surface area (Å²) in [5.41, 5.74) is 0.960. The summed E-state index contributed by atoms with van der Waals surface area (Å²) >= 11 is 1.60. The zero-order valence-corrected chi connectivity index (χ0v) is 14.7. The fourth-order valence-electron chi connectivity index (χ4n) is 2.67. The molecule has 0 bridgehead atoms. The molecule has 2 heterocycles. The molecule has 0 N–H and O–H groups in total. The molecule has 1 fully saturated rings. The van der Waals surface area contributed by atoms with Crippen molar-refractivity contribution in [3.63, 3.8) is 0 Å². The molecule has 0 spiro atoms. The molecule has 0 saturated carbocycles. The highest BCUT2D eigenvalue weighted by molar-refractivity contribution is 7.11. The van der Waals surface area contributed by atoms with Gasteiger partial charge in [-0.05, 0) is 19.8 Å². The number of hydrogen-bond donors (Lipinski definition) is 0. The van der Waals surface area contributed by atoms with Crippen molar-refractivity contribution in [2.45, 2.75) is 40.5 Å².